The normalized spacial score (nSPS) is 27.8. The number of nitrogens with two attached hydrogens (primary N) is 1. The van der Waals surface area contributed by atoms with Gasteiger partial charge >= 0.3 is 0 Å². The largest absolute Gasteiger partial charge is 0.326 e. The molecule has 114 valence electrons. The van der Waals surface area contributed by atoms with Crippen LogP contribution in [0, 0.1) is 24.7 Å². The lowest BCUT2D eigenvalue weighted by Crippen LogP contribution is -2.27. The summed E-state index contributed by atoms with van der Waals surface area (Å²) in [4.78, 5) is 12.5. The number of hydrogen-bond donors (Lipinski definition) is 2. The van der Waals surface area contributed by atoms with Crippen molar-refractivity contribution in [1.82, 2.24) is 0 Å². The zero-order valence-electron chi connectivity index (χ0n) is 12.0. The molecule has 2 bridgehead atoms. The molecule has 3 unspecified atom stereocenters. The predicted molar refractivity (Wildman–Crippen MR) is 80.1 cm³/mol. The van der Waals surface area contributed by atoms with Crippen LogP contribution < -0.4 is 10.5 Å². The standard InChI is InChI=1S/C15H20N2O3S/c1-9-6-12(21(16,19)20)4-5-14(9)17-15(18)13-8-10-2-3-11(13)7-10/h4-6,10-11,13H,2-3,7-8H2,1H3,(H,17,18)(H2,16,19,20). The molecule has 0 aromatic heterocycles. The van der Waals surface area contributed by atoms with Crippen LogP contribution in [0.1, 0.15) is 31.2 Å². The predicted octanol–water partition coefficient (Wildman–Crippen LogP) is 2.02. The molecule has 3 N–H and O–H groups in total. The first-order valence-electron chi connectivity index (χ1n) is 7.29. The Morgan fingerprint density at radius 2 is 2.05 bits per heavy atom. The molecular weight excluding hydrogens is 288 g/mol. The van der Waals surface area contributed by atoms with E-state index < -0.39 is 10.0 Å². The van der Waals surface area contributed by atoms with Crippen LogP contribution in [0.5, 0.6) is 0 Å². The van der Waals surface area contributed by atoms with Crippen LogP contribution in [-0.2, 0) is 14.8 Å². The maximum atomic E-state index is 12.4. The molecule has 2 saturated carbocycles. The number of sulfonamides is 1. The van der Waals surface area contributed by atoms with Gasteiger partial charge in [-0.15, -0.1) is 0 Å². The fourth-order valence-corrected chi connectivity index (χ4v) is 4.34. The lowest BCUT2D eigenvalue weighted by Gasteiger charge is -2.21. The average molecular weight is 308 g/mol. The van der Waals surface area contributed by atoms with Crippen LogP contribution in [0.2, 0.25) is 0 Å². The summed E-state index contributed by atoms with van der Waals surface area (Å²) in [6.07, 6.45) is 4.59. The van der Waals surface area contributed by atoms with Crippen LogP contribution in [-0.4, -0.2) is 14.3 Å². The summed E-state index contributed by atoms with van der Waals surface area (Å²) in [5, 5.41) is 8.04. The Hall–Kier alpha value is -1.40. The van der Waals surface area contributed by atoms with Crippen LogP contribution in [0.4, 0.5) is 5.69 Å². The van der Waals surface area contributed by atoms with E-state index in [9.17, 15) is 13.2 Å². The highest BCUT2D eigenvalue weighted by Crippen LogP contribution is 2.48. The molecule has 21 heavy (non-hydrogen) atoms. The van der Waals surface area contributed by atoms with Gasteiger partial charge < -0.3 is 5.32 Å². The molecule has 0 aliphatic heterocycles. The first kappa shape index (κ1) is 14.5. The smallest absolute Gasteiger partial charge is 0.238 e. The van der Waals surface area contributed by atoms with Crippen molar-refractivity contribution in [2.75, 3.05) is 5.32 Å². The number of amides is 1. The molecular formula is C15H20N2O3S. The van der Waals surface area contributed by atoms with Gasteiger partial charge in [0.2, 0.25) is 15.9 Å². The highest BCUT2D eigenvalue weighted by Gasteiger charge is 2.43. The van der Waals surface area contributed by atoms with E-state index in [1.807, 2.05) is 0 Å². The summed E-state index contributed by atoms with van der Waals surface area (Å²) in [7, 11) is -3.71. The molecule has 5 nitrogen and oxygen atoms in total. The first-order valence-corrected chi connectivity index (χ1v) is 8.83. The van der Waals surface area contributed by atoms with E-state index >= 15 is 0 Å². The molecule has 3 rings (SSSR count). The minimum Gasteiger partial charge on any atom is -0.326 e. The summed E-state index contributed by atoms with van der Waals surface area (Å²) in [5.74, 6) is 1.42. The number of hydrogen-bond acceptors (Lipinski definition) is 3. The number of carbonyl (C=O) groups excluding carboxylic acids is 1. The second-order valence-electron chi connectivity index (χ2n) is 6.29. The molecule has 2 fully saturated rings. The van der Waals surface area contributed by atoms with Crippen molar-refractivity contribution < 1.29 is 13.2 Å². The Morgan fingerprint density at radius 1 is 1.29 bits per heavy atom. The topological polar surface area (TPSA) is 89.3 Å². The zero-order chi connectivity index (χ0) is 15.2. The molecule has 6 heteroatoms. The van der Waals surface area contributed by atoms with Crippen LogP contribution in [0.25, 0.3) is 0 Å². The highest BCUT2D eigenvalue weighted by atomic mass is 32.2. The van der Waals surface area contributed by atoms with Gasteiger partial charge in [0.15, 0.2) is 0 Å². The van der Waals surface area contributed by atoms with E-state index in [4.69, 9.17) is 5.14 Å². The number of primary sulfonamides is 1. The SMILES string of the molecule is Cc1cc(S(N)(=O)=O)ccc1NC(=O)C1CC2CCC1C2. The van der Waals surface area contributed by atoms with Gasteiger partial charge in [-0.05, 0) is 61.8 Å². The maximum absolute atomic E-state index is 12.4. The number of carbonyl (C=O) groups is 1. The van der Waals surface area contributed by atoms with Gasteiger partial charge in [0.05, 0.1) is 4.90 Å². The molecule has 0 saturated heterocycles. The van der Waals surface area contributed by atoms with Gasteiger partial charge in [-0.3, -0.25) is 4.79 Å². The van der Waals surface area contributed by atoms with Gasteiger partial charge in [-0.25, -0.2) is 13.6 Å². The van der Waals surface area contributed by atoms with E-state index in [1.54, 1.807) is 13.0 Å². The molecule has 2 aliphatic rings. The van der Waals surface area contributed by atoms with Gasteiger partial charge in [0.1, 0.15) is 0 Å². The third-order valence-corrected chi connectivity index (χ3v) is 5.77. The zero-order valence-corrected chi connectivity index (χ0v) is 12.8. The van der Waals surface area contributed by atoms with E-state index in [2.05, 4.69) is 5.32 Å². The summed E-state index contributed by atoms with van der Waals surface area (Å²) >= 11 is 0. The first-order chi connectivity index (χ1) is 9.84. The Bertz CT molecular complexity index is 684. The van der Waals surface area contributed by atoms with Crippen molar-refractivity contribution in [3.05, 3.63) is 23.8 Å². The maximum Gasteiger partial charge on any atom is 0.238 e. The van der Waals surface area contributed by atoms with E-state index in [0.29, 0.717) is 17.2 Å². The second-order valence-corrected chi connectivity index (χ2v) is 7.85. The van der Waals surface area contributed by atoms with Crippen molar-refractivity contribution in [2.24, 2.45) is 22.9 Å². The second kappa shape index (κ2) is 5.10. The van der Waals surface area contributed by atoms with Crippen molar-refractivity contribution in [1.29, 1.82) is 0 Å². The summed E-state index contributed by atoms with van der Waals surface area (Å²) in [6, 6.07) is 4.53. The Morgan fingerprint density at radius 3 is 2.57 bits per heavy atom. The number of anilines is 1. The fraction of sp³-hybridized carbons (Fsp3) is 0.533. The molecule has 1 aromatic rings. The minimum absolute atomic E-state index is 0.0636. The molecule has 1 aromatic carbocycles. The van der Waals surface area contributed by atoms with Crippen LogP contribution >= 0.6 is 0 Å². The lowest BCUT2D eigenvalue weighted by atomic mass is 9.88. The number of fused-ring (bicyclic) bond motifs is 2. The van der Waals surface area contributed by atoms with E-state index in [-0.39, 0.29) is 16.7 Å². The molecule has 1 amide bonds. The summed E-state index contributed by atoms with van der Waals surface area (Å²) in [6.45, 7) is 1.77. The number of aryl methyl sites for hydroxylation is 1. The van der Waals surface area contributed by atoms with E-state index in [0.717, 1.165) is 18.8 Å². The van der Waals surface area contributed by atoms with Gasteiger partial charge in [0, 0.05) is 11.6 Å². The third-order valence-electron chi connectivity index (χ3n) is 4.86. The fourth-order valence-electron chi connectivity index (χ4n) is 3.74. The van der Waals surface area contributed by atoms with E-state index in [1.165, 1.54) is 25.0 Å². The summed E-state index contributed by atoms with van der Waals surface area (Å²) < 4.78 is 22.6. The number of rotatable bonds is 3. The Labute approximate surface area is 125 Å². The van der Waals surface area contributed by atoms with Crippen molar-refractivity contribution in [3.8, 4) is 0 Å². The molecule has 3 atom stereocenters. The molecule has 0 heterocycles. The highest BCUT2D eigenvalue weighted by molar-refractivity contribution is 7.89. The summed E-state index contributed by atoms with van der Waals surface area (Å²) in [5.41, 5.74) is 1.37. The van der Waals surface area contributed by atoms with Gasteiger partial charge in [-0.2, -0.15) is 0 Å². The van der Waals surface area contributed by atoms with Gasteiger partial charge in [0.25, 0.3) is 0 Å². The van der Waals surface area contributed by atoms with Crippen molar-refractivity contribution in [3.63, 3.8) is 0 Å². The minimum atomic E-state index is -3.71. The molecule has 0 spiro atoms. The quantitative estimate of drug-likeness (QED) is 0.895. The Balaban J connectivity index is 1.75. The third kappa shape index (κ3) is 2.82. The average Bonchev–Trinajstić information content (AvgIpc) is 3.02. The van der Waals surface area contributed by atoms with Gasteiger partial charge in [-0.1, -0.05) is 6.42 Å². The van der Waals surface area contributed by atoms with Crippen LogP contribution in [0.3, 0.4) is 0 Å². The number of benzene rings is 1. The lowest BCUT2D eigenvalue weighted by molar-refractivity contribution is -0.121. The van der Waals surface area contributed by atoms with Crippen LogP contribution in [0.15, 0.2) is 23.1 Å². The van der Waals surface area contributed by atoms with Crippen molar-refractivity contribution >= 4 is 21.6 Å². The monoisotopic (exact) mass is 308 g/mol. The molecule has 2 aliphatic carbocycles. The molecule has 0 radical (unpaired) electrons. The number of nitrogens with one attached hydrogen (secondary N) is 1. The van der Waals surface area contributed by atoms with Crippen molar-refractivity contribution in [2.45, 2.75) is 37.5 Å². The Kier molecular flexibility index (Phi) is 3.53.